The Hall–Kier alpha value is -1.19. The van der Waals surface area contributed by atoms with E-state index in [1.165, 1.54) is 4.90 Å². The first-order valence-electron chi connectivity index (χ1n) is 4.89. The van der Waals surface area contributed by atoms with Crippen molar-refractivity contribution in [2.24, 2.45) is 0 Å². The molecule has 0 bridgehead atoms. The van der Waals surface area contributed by atoms with E-state index in [0.29, 0.717) is 13.1 Å². The molecule has 0 aliphatic rings. The Labute approximate surface area is 89.3 Å². The second kappa shape index (κ2) is 8.15. The molecular weight excluding hydrogens is 200 g/mol. The number of rotatable bonds is 8. The number of carbonyl (C=O) groups is 1. The zero-order valence-electron chi connectivity index (χ0n) is 8.79. The summed E-state index contributed by atoms with van der Waals surface area (Å²) >= 11 is 0. The average Bonchev–Trinajstić information content (AvgIpc) is 2.16. The third-order valence-corrected chi connectivity index (χ3v) is 1.86. The molecule has 0 aromatic rings. The molecule has 0 aromatic carbocycles. The van der Waals surface area contributed by atoms with Gasteiger partial charge in [0.25, 0.3) is 0 Å². The maximum atomic E-state index is 11.8. The van der Waals surface area contributed by atoms with Gasteiger partial charge in [-0.2, -0.15) is 0 Å². The van der Waals surface area contributed by atoms with Crippen molar-refractivity contribution in [3.8, 4) is 0 Å². The van der Waals surface area contributed by atoms with Gasteiger partial charge in [-0.15, -0.1) is 13.2 Å². The van der Waals surface area contributed by atoms with Gasteiger partial charge in [0, 0.05) is 25.9 Å². The summed E-state index contributed by atoms with van der Waals surface area (Å²) in [5, 5.41) is 0. The predicted octanol–water partition coefficient (Wildman–Crippen LogP) is 2.62. The minimum Gasteiger partial charge on any atom is -0.335 e. The van der Waals surface area contributed by atoms with Crippen LogP contribution in [0.3, 0.4) is 0 Å². The standard InChI is InChI=1S/C11H17F2NO/c1-3-8-14(9-4-2)11(15)7-5-6-10(12)13/h3-4,10H,1-2,5-9H2. The van der Waals surface area contributed by atoms with E-state index >= 15 is 0 Å². The Bertz CT molecular complexity index is 207. The number of hydrogen-bond donors (Lipinski definition) is 0. The fourth-order valence-corrected chi connectivity index (χ4v) is 1.16. The lowest BCUT2D eigenvalue weighted by Crippen LogP contribution is -2.31. The van der Waals surface area contributed by atoms with E-state index in [4.69, 9.17) is 0 Å². The van der Waals surface area contributed by atoms with Crippen molar-refractivity contribution in [1.82, 2.24) is 4.90 Å². The number of nitrogens with zero attached hydrogens (tertiary/aromatic N) is 1. The monoisotopic (exact) mass is 217 g/mol. The van der Waals surface area contributed by atoms with Crippen molar-refractivity contribution < 1.29 is 13.6 Å². The summed E-state index contributed by atoms with van der Waals surface area (Å²) in [4.78, 5) is 13.0. The van der Waals surface area contributed by atoms with Crippen LogP contribution in [0, 0.1) is 0 Å². The molecule has 0 rings (SSSR count). The van der Waals surface area contributed by atoms with Gasteiger partial charge in [-0.05, 0) is 6.42 Å². The van der Waals surface area contributed by atoms with E-state index < -0.39 is 6.43 Å². The summed E-state index contributed by atoms with van der Waals surface area (Å²) in [5.41, 5.74) is 0. The molecule has 1 amide bonds. The van der Waals surface area contributed by atoms with Crippen molar-refractivity contribution in [2.45, 2.75) is 25.7 Å². The topological polar surface area (TPSA) is 20.3 Å². The zero-order valence-corrected chi connectivity index (χ0v) is 8.79. The van der Waals surface area contributed by atoms with Gasteiger partial charge in [0.1, 0.15) is 0 Å². The van der Waals surface area contributed by atoms with Crippen LogP contribution in [0.25, 0.3) is 0 Å². The summed E-state index contributed by atoms with van der Waals surface area (Å²) in [6.45, 7) is 7.91. The van der Waals surface area contributed by atoms with Gasteiger partial charge < -0.3 is 4.90 Å². The van der Waals surface area contributed by atoms with Crippen LogP contribution in [-0.2, 0) is 4.79 Å². The van der Waals surface area contributed by atoms with Gasteiger partial charge in [-0.1, -0.05) is 12.2 Å². The third-order valence-electron chi connectivity index (χ3n) is 1.86. The molecule has 0 aromatic heterocycles. The molecule has 0 fully saturated rings. The molecule has 0 radical (unpaired) electrons. The van der Waals surface area contributed by atoms with Crippen LogP contribution >= 0.6 is 0 Å². The van der Waals surface area contributed by atoms with Crippen LogP contribution in [0.4, 0.5) is 8.78 Å². The molecule has 4 heteroatoms. The Morgan fingerprint density at radius 2 is 1.80 bits per heavy atom. The van der Waals surface area contributed by atoms with E-state index in [9.17, 15) is 13.6 Å². The smallest absolute Gasteiger partial charge is 0.238 e. The molecule has 2 nitrogen and oxygen atoms in total. The highest BCUT2D eigenvalue weighted by Crippen LogP contribution is 2.07. The Morgan fingerprint density at radius 1 is 1.27 bits per heavy atom. The van der Waals surface area contributed by atoms with Crippen LogP contribution in [0.1, 0.15) is 19.3 Å². The quantitative estimate of drug-likeness (QED) is 0.572. The second-order valence-electron chi connectivity index (χ2n) is 3.16. The Morgan fingerprint density at radius 3 is 2.20 bits per heavy atom. The molecule has 0 saturated carbocycles. The molecular formula is C11H17F2NO. The maximum Gasteiger partial charge on any atom is 0.238 e. The Kier molecular flexibility index (Phi) is 7.50. The minimum atomic E-state index is -2.33. The van der Waals surface area contributed by atoms with Crippen LogP contribution in [0.2, 0.25) is 0 Å². The van der Waals surface area contributed by atoms with Crippen molar-refractivity contribution in [2.75, 3.05) is 13.1 Å². The van der Waals surface area contributed by atoms with Gasteiger partial charge in [0.15, 0.2) is 0 Å². The molecule has 0 heterocycles. The lowest BCUT2D eigenvalue weighted by Gasteiger charge is -2.19. The highest BCUT2D eigenvalue weighted by Gasteiger charge is 2.11. The molecule has 0 unspecified atom stereocenters. The van der Waals surface area contributed by atoms with Gasteiger partial charge in [0.2, 0.25) is 12.3 Å². The highest BCUT2D eigenvalue weighted by molar-refractivity contribution is 5.76. The van der Waals surface area contributed by atoms with Crippen LogP contribution in [-0.4, -0.2) is 30.3 Å². The summed E-state index contributed by atoms with van der Waals surface area (Å²) in [5.74, 6) is -0.129. The molecule has 0 aliphatic carbocycles. The molecule has 0 saturated heterocycles. The predicted molar refractivity (Wildman–Crippen MR) is 56.8 cm³/mol. The van der Waals surface area contributed by atoms with E-state index in [0.717, 1.165) is 0 Å². The number of alkyl halides is 2. The normalized spacial score (nSPS) is 10.1. The fraction of sp³-hybridized carbons (Fsp3) is 0.545. The third kappa shape index (κ3) is 6.82. The van der Waals surface area contributed by atoms with E-state index in [1.54, 1.807) is 12.2 Å². The van der Waals surface area contributed by atoms with Crippen molar-refractivity contribution >= 4 is 5.91 Å². The summed E-state index contributed by atoms with van der Waals surface area (Å²) < 4.78 is 23.7. The molecule has 86 valence electrons. The summed E-state index contributed by atoms with van der Waals surface area (Å²) in [7, 11) is 0. The Balaban J connectivity index is 3.90. The van der Waals surface area contributed by atoms with Crippen molar-refractivity contribution in [1.29, 1.82) is 0 Å². The van der Waals surface area contributed by atoms with E-state index in [-0.39, 0.29) is 25.2 Å². The van der Waals surface area contributed by atoms with Crippen LogP contribution < -0.4 is 0 Å². The SMILES string of the molecule is C=CCN(CC=C)C(=O)CCCC(F)F. The van der Waals surface area contributed by atoms with Gasteiger partial charge in [0.05, 0.1) is 0 Å². The van der Waals surface area contributed by atoms with E-state index in [2.05, 4.69) is 13.2 Å². The molecule has 0 aliphatic heterocycles. The first-order valence-corrected chi connectivity index (χ1v) is 4.89. The molecule has 15 heavy (non-hydrogen) atoms. The first-order chi connectivity index (χ1) is 7.11. The molecule has 0 N–H and O–H groups in total. The second-order valence-corrected chi connectivity index (χ2v) is 3.16. The first kappa shape index (κ1) is 13.8. The van der Waals surface area contributed by atoms with Crippen molar-refractivity contribution in [3.05, 3.63) is 25.3 Å². The highest BCUT2D eigenvalue weighted by atomic mass is 19.3. The molecule has 0 spiro atoms. The molecule has 0 atom stereocenters. The van der Waals surface area contributed by atoms with Crippen LogP contribution in [0.15, 0.2) is 25.3 Å². The van der Waals surface area contributed by atoms with Gasteiger partial charge in [-0.25, -0.2) is 8.78 Å². The summed E-state index contributed by atoms with van der Waals surface area (Å²) in [6.07, 6.45) is 1.04. The lowest BCUT2D eigenvalue weighted by atomic mass is 10.2. The number of carbonyl (C=O) groups excluding carboxylic acids is 1. The van der Waals surface area contributed by atoms with Gasteiger partial charge >= 0.3 is 0 Å². The number of hydrogen-bond acceptors (Lipinski definition) is 1. The van der Waals surface area contributed by atoms with Crippen LogP contribution in [0.5, 0.6) is 0 Å². The lowest BCUT2D eigenvalue weighted by molar-refractivity contribution is -0.130. The van der Waals surface area contributed by atoms with Crippen molar-refractivity contribution in [3.63, 3.8) is 0 Å². The average molecular weight is 217 g/mol. The number of amides is 1. The number of halogens is 2. The fourth-order valence-electron chi connectivity index (χ4n) is 1.16. The maximum absolute atomic E-state index is 11.8. The minimum absolute atomic E-state index is 0.129. The van der Waals surface area contributed by atoms with E-state index in [1.807, 2.05) is 0 Å². The summed E-state index contributed by atoms with van der Waals surface area (Å²) in [6, 6.07) is 0. The zero-order chi connectivity index (χ0) is 11.7. The van der Waals surface area contributed by atoms with Gasteiger partial charge in [-0.3, -0.25) is 4.79 Å². The largest absolute Gasteiger partial charge is 0.335 e.